The summed E-state index contributed by atoms with van der Waals surface area (Å²) in [5.41, 5.74) is 0. The average molecular weight is 241 g/mol. The zero-order valence-corrected chi connectivity index (χ0v) is 12.1. The van der Waals surface area contributed by atoms with Crippen LogP contribution in [0.5, 0.6) is 0 Å². The van der Waals surface area contributed by atoms with E-state index in [4.69, 9.17) is 5.11 Å². The van der Waals surface area contributed by atoms with Crippen LogP contribution >= 0.6 is 0 Å². The Morgan fingerprint density at radius 1 is 1.24 bits per heavy atom. The van der Waals surface area contributed by atoms with Crippen molar-refractivity contribution in [2.75, 3.05) is 6.61 Å². The molecule has 0 aromatic carbocycles. The second-order valence-electron chi connectivity index (χ2n) is 6.37. The third-order valence-corrected chi connectivity index (χ3v) is 4.32. The van der Waals surface area contributed by atoms with Gasteiger partial charge in [0.25, 0.3) is 0 Å². The van der Waals surface area contributed by atoms with Crippen LogP contribution in [-0.4, -0.2) is 23.8 Å². The Hall–Kier alpha value is -0.0800. The summed E-state index contributed by atoms with van der Waals surface area (Å²) in [7, 11) is 0. The molecule has 2 nitrogen and oxygen atoms in total. The van der Waals surface area contributed by atoms with Gasteiger partial charge in [0.1, 0.15) is 0 Å². The van der Waals surface area contributed by atoms with E-state index in [2.05, 4.69) is 33.0 Å². The molecule has 0 aromatic rings. The molecule has 1 aliphatic carbocycles. The molecule has 0 heterocycles. The second kappa shape index (κ2) is 7.38. The first-order chi connectivity index (χ1) is 8.04. The van der Waals surface area contributed by atoms with Crippen LogP contribution in [0.3, 0.4) is 0 Å². The maximum Gasteiger partial charge on any atom is 0.0431 e. The number of aliphatic hydroxyl groups excluding tert-OH is 1. The van der Waals surface area contributed by atoms with E-state index < -0.39 is 0 Å². The van der Waals surface area contributed by atoms with Crippen molar-refractivity contribution in [3.8, 4) is 0 Å². The molecule has 0 bridgehead atoms. The fraction of sp³-hybridized carbons (Fsp3) is 1.00. The van der Waals surface area contributed by atoms with Crippen molar-refractivity contribution in [3.05, 3.63) is 0 Å². The van der Waals surface area contributed by atoms with Gasteiger partial charge in [-0.1, -0.05) is 27.2 Å². The fourth-order valence-corrected chi connectivity index (χ4v) is 3.24. The van der Waals surface area contributed by atoms with Crippen molar-refractivity contribution in [1.82, 2.24) is 5.32 Å². The molecule has 0 spiro atoms. The van der Waals surface area contributed by atoms with Crippen molar-refractivity contribution in [3.63, 3.8) is 0 Å². The van der Waals surface area contributed by atoms with Crippen LogP contribution in [0, 0.1) is 17.8 Å². The lowest BCUT2D eigenvalue weighted by Crippen LogP contribution is -2.46. The van der Waals surface area contributed by atoms with Gasteiger partial charge in [-0.05, 0) is 50.4 Å². The molecule has 0 radical (unpaired) electrons. The summed E-state index contributed by atoms with van der Waals surface area (Å²) in [6.07, 6.45) is 6.11. The molecular formula is C15H31NO. The highest BCUT2D eigenvalue weighted by Crippen LogP contribution is 2.33. The van der Waals surface area contributed by atoms with E-state index in [0.29, 0.717) is 18.7 Å². The molecule has 4 unspecified atom stereocenters. The van der Waals surface area contributed by atoms with Gasteiger partial charge in [-0.3, -0.25) is 0 Å². The molecule has 0 aliphatic heterocycles. The summed E-state index contributed by atoms with van der Waals surface area (Å²) < 4.78 is 0. The maximum absolute atomic E-state index is 8.88. The molecule has 0 amide bonds. The number of hydrogen-bond donors (Lipinski definition) is 2. The van der Waals surface area contributed by atoms with Crippen molar-refractivity contribution >= 4 is 0 Å². The minimum atomic E-state index is 0.320. The highest BCUT2D eigenvalue weighted by atomic mass is 16.2. The predicted molar refractivity (Wildman–Crippen MR) is 74.0 cm³/mol. The smallest absolute Gasteiger partial charge is 0.0431 e. The summed E-state index contributed by atoms with van der Waals surface area (Å²) >= 11 is 0. The summed E-state index contributed by atoms with van der Waals surface area (Å²) in [6.45, 7) is 9.66. The van der Waals surface area contributed by atoms with E-state index in [0.717, 1.165) is 30.6 Å². The SMILES string of the molecule is CC1CCC(C(C)C)C(NC(C)CCCO)C1. The van der Waals surface area contributed by atoms with Gasteiger partial charge in [-0.15, -0.1) is 0 Å². The van der Waals surface area contributed by atoms with Crippen LogP contribution in [0.15, 0.2) is 0 Å². The zero-order chi connectivity index (χ0) is 12.8. The quantitative estimate of drug-likeness (QED) is 0.748. The molecule has 1 fully saturated rings. The minimum absolute atomic E-state index is 0.320. The Bertz CT molecular complexity index is 205. The lowest BCUT2D eigenvalue weighted by Gasteiger charge is -2.39. The highest BCUT2D eigenvalue weighted by Gasteiger charge is 2.30. The van der Waals surface area contributed by atoms with E-state index >= 15 is 0 Å². The highest BCUT2D eigenvalue weighted by molar-refractivity contribution is 4.86. The van der Waals surface area contributed by atoms with Gasteiger partial charge in [0.15, 0.2) is 0 Å². The van der Waals surface area contributed by atoms with Gasteiger partial charge in [-0.25, -0.2) is 0 Å². The second-order valence-corrected chi connectivity index (χ2v) is 6.37. The molecule has 17 heavy (non-hydrogen) atoms. The van der Waals surface area contributed by atoms with Gasteiger partial charge in [0, 0.05) is 18.7 Å². The van der Waals surface area contributed by atoms with Gasteiger partial charge in [0.2, 0.25) is 0 Å². The van der Waals surface area contributed by atoms with Crippen LogP contribution in [-0.2, 0) is 0 Å². The van der Waals surface area contributed by atoms with E-state index in [9.17, 15) is 0 Å². The van der Waals surface area contributed by atoms with Crippen molar-refractivity contribution in [2.24, 2.45) is 17.8 Å². The standard InChI is InChI=1S/C15H31NO/c1-11(2)14-8-7-12(3)10-15(14)16-13(4)6-5-9-17/h11-17H,5-10H2,1-4H3. The molecule has 0 saturated heterocycles. The monoisotopic (exact) mass is 241 g/mol. The number of nitrogens with one attached hydrogen (secondary N) is 1. The molecule has 2 N–H and O–H groups in total. The number of rotatable bonds is 6. The first kappa shape index (κ1) is 15.0. The Balaban J connectivity index is 2.45. The molecular weight excluding hydrogens is 210 g/mol. The zero-order valence-electron chi connectivity index (χ0n) is 12.1. The minimum Gasteiger partial charge on any atom is -0.396 e. The topological polar surface area (TPSA) is 32.3 Å². The molecule has 1 rings (SSSR count). The molecule has 0 aromatic heterocycles. The van der Waals surface area contributed by atoms with Gasteiger partial charge >= 0.3 is 0 Å². The fourth-order valence-electron chi connectivity index (χ4n) is 3.24. The molecule has 4 atom stereocenters. The molecule has 2 heteroatoms. The summed E-state index contributed by atoms with van der Waals surface area (Å²) in [4.78, 5) is 0. The normalized spacial score (nSPS) is 31.8. The lowest BCUT2D eigenvalue weighted by molar-refractivity contribution is 0.157. The van der Waals surface area contributed by atoms with Crippen molar-refractivity contribution in [2.45, 2.75) is 71.9 Å². The Labute approximate surface area is 107 Å². The van der Waals surface area contributed by atoms with Crippen LogP contribution in [0.25, 0.3) is 0 Å². The van der Waals surface area contributed by atoms with Crippen LogP contribution in [0.2, 0.25) is 0 Å². The predicted octanol–water partition coefficient (Wildman–Crippen LogP) is 3.20. The summed E-state index contributed by atoms with van der Waals surface area (Å²) in [5.74, 6) is 2.49. The summed E-state index contributed by atoms with van der Waals surface area (Å²) in [6, 6.07) is 1.23. The van der Waals surface area contributed by atoms with Crippen LogP contribution < -0.4 is 5.32 Å². The Morgan fingerprint density at radius 3 is 2.53 bits per heavy atom. The number of hydrogen-bond acceptors (Lipinski definition) is 2. The molecule has 102 valence electrons. The molecule has 1 saturated carbocycles. The van der Waals surface area contributed by atoms with Crippen molar-refractivity contribution < 1.29 is 5.11 Å². The Kier molecular flexibility index (Phi) is 6.50. The third-order valence-electron chi connectivity index (χ3n) is 4.32. The van der Waals surface area contributed by atoms with Crippen LogP contribution in [0.4, 0.5) is 0 Å². The van der Waals surface area contributed by atoms with Gasteiger partial charge < -0.3 is 10.4 Å². The van der Waals surface area contributed by atoms with Crippen LogP contribution in [0.1, 0.15) is 59.8 Å². The largest absolute Gasteiger partial charge is 0.396 e. The maximum atomic E-state index is 8.88. The van der Waals surface area contributed by atoms with Gasteiger partial charge in [-0.2, -0.15) is 0 Å². The van der Waals surface area contributed by atoms with E-state index in [1.54, 1.807) is 0 Å². The van der Waals surface area contributed by atoms with E-state index in [1.165, 1.54) is 19.3 Å². The number of aliphatic hydroxyl groups is 1. The lowest BCUT2D eigenvalue weighted by atomic mass is 9.74. The van der Waals surface area contributed by atoms with E-state index in [-0.39, 0.29) is 0 Å². The summed E-state index contributed by atoms with van der Waals surface area (Å²) in [5, 5.41) is 12.7. The first-order valence-corrected chi connectivity index (χ1v) is 7.41. The first-order valence-electron chi connectivity index (χ1n) is 7.41. The van der Waals surface area contributed by atoms with Crippen molar-refractivity contribution in [1.29, 1.82) is 0 Å². The average Bonchev–Trinajstić information content (AvgIpc) is 2.26. The molecule has 1 aliphatic rings. The van der Waals surface area contributed by atoms with E-state index in [1.807, 2.05) is 0 Å². The Morgan fingerprint density at radius 2 is 1.94 bits per heavy atom. The van der Waals surface area contributed by atoms with Gasteiger partial charge in [0.05, 0.1) is 0 Å². The third kappa shape index (κ3) is 4.97.